The van der Waals surface area contributed by atoms with E-state index in [0.29, 0.717) is 6.04 Å². The van der Waals surface area contributed by atoms with Gasteiger partial charge >= 0.3 is 0 Å². The summed E-state index contributed by atoms with van der Waals surface area (Å²) in [4.78, 5) is 4.71. The maximum absolute atomic E-state index is 5.91. The fourth-order valence-corrected chi connectivity index (χ4v) is 1.97. The minimum atomic E-state index is 0.442. The summed E-state index contributed by atoms with van der Waals surface area (Å²) in [6.45, 7) is 6.75. The lowest BCUT2D eigenvalue weighted by molar-refractivity contribution is 0.478. The molecule has 2 heteroatoms. The van der Waals surface area contributed by atoms with Crippen molar-refractivity contribution >= 4 is 11.9 Å². The Labute approximate surface area is 111 Å². The molecule has 0 radical (unpaired) electrons. The standard InChI is InChI=1S/C16H26N2/c1-4-7-15(11-10-13(2)3)18-12-14-8-5-6-9-16(14)17/h5-6,8-9,12-13,15H,4,7,10-11,17H2,1-3H3. The Balaban J connectivity index is 2.62. The molecule has 1 atom stereocenters. The van der Waals surface area contributed by atoms with Crippen LogP contribution in [0.5, 0.6) is 0 Å². The summed E-state index contributed by atoms with van der Waals surface area (Å²) in [5.41, 5.74) is 7.75. The summed E-state index contributed by atoms with van der Waals surface area (Å²) in [7, 11) is 0. The van der Waals surface area contributed by atoms with Crippen LogP contribution >= 0.6 is 0 Å². The maximum atomic E-state index is 5.91. The van der Waals surface area contributed by atoms with Crippen LogP contribution in [0.3, 0.4) is 0 Å². The average Bonchev–Trinajstić information content (AvgIpc) is 2.34. The predicted octanol–water partition coefficient (Wildman–Crippen LogP) is 4.29. The van der Waals surface area contributed by atoms with Crippen molar-refractivity contribution in [3.8, 4) is 0 Å². The highest BCUT2D eigenvalue weighted by molar-refractivity contribution is 5.86. The zero-order valence-electron chi connectivity index (χ0n) is 11.9. The van der Waals surface area contributed by atoms with E-state index in [0.717, 1.165) is 23.6 Å². The van der Waals surface area contributed by atoms with Crippen LogP contribution in [0.1, 0.15) is 52.0 Å². The number of nitrogens with two attached hydrogens (primary N) is 1. The van der Waals surface area contributed by atoms with Crippen molar-refractivity contribution in [3.63, 3.8) is 0 Å². The Bertz CT molecular complexity index is 369. The lowest BCUT2D eigenvalue weighted by Crippen LogP contribution is -2.07. The largest absolute Gasteiger partial charge is 0.398 e. The van der Waals surface area contributed by atoms with E-state index in [1.165, 1.54) is 19.3 Å². The zero-order valence-corrected chi connectivity index (χ0v) is 11.9. The number of nitrogens with zero attached hydrogens (tertiary/aromatic N) is 1. The van der Waals surface area contributed by atoms with Crippen LogP contribution in [0.2, 0.25) is 0 Å². The molecule has 1 aromatic rings. The summed E-state index contributed by atoms with van der Waals surface area (Å²) >= 11 is 0. The predicted molar refractivity (Wildman–Crippen MR) is 81.2 cm³/mol. The van der Waals surface area contributed by atoms with Crippen molar-refractivity contribution in [2.75, 3.05) is 5.73 Å². The van der Waals surface area contributed by atoms with Gasteiger partial charge in [-0.05, 0) is 31.2 Å². The van der Waals surface area contributed by atoms with Crippen molar-refractivity contribution in [1.82, 2.24) is 0 Å². The molecule has 0 aliphatic carbocycles. The minimum absolute atomic E-state index is 0.442. The number of nitrogen functional groups attached to an aromatic ring is 1. The normalized spacial score (nSPS) is 13.3. The first-order valence-electron chi connectivity index (χ1n) is 7.01. The molecule has 0 fully saturated rings. The van der Waals surface area contributed by atoms with Crippen LogP contribution in [0.4, 0.5) is 5.69 Å². The first-order chi connectivity index (χ1) is 8.63. The van der Waals surface area contributed by atoms with Gasteiger partial charge in [-0.1, -0.05) is 45.4 Å². The van der Waals surface area contributed by atoms with Crippen LogP contribution in [-0.2, 0) is 0 Å². The van der Waals surface area contributed by atoms with Gasteiger partial charge in [-0.25, -0.2) is 0 Å². The van der Waals surface area contributed by atoms with Crippen LogP contribution in [-0.4, -0.2) is 12.3 Å². The van der Waals surface area contributed by atoms with Gasteiger partial charge in [0.25, 0.3) is 0 Å². The molecular weight excluding hydrogens is 220 g/mol. The number of benzene rings is 1. The van der Waals surface area contributed by atoms with E-state index in [4.69, 9.17) is 10.7 Å². The van der Waals surface area contributed by atoms with E-state index in [2.05, 4.69) is 20.8 Å². The summed E-state index contributed by atoms with van der Waals surface area (Å²) in [6, 6.07) is 8.33. The molecule has 1 rings (SSSR count). The number of hydrogen-bond acceptors (Lipinski definition) is 2. The summed E-state index contributed by atoms with van der Waals surface area (Å²) in [5, 5.41) is 0. The van der Waals surface area contributed by atoms with E-state index < -0.39 is 0 Å². The molecule has 0 bridgehead atoms. The third kappa shape index (κ3) is 5.35. The molecule has 0 aromatic heterocycles. The van der Waals surface area contributed by atoms with Gasteiger partial charge in [0.1, 0.15) is 0 Å². The number of anilines is 1. The van der Waals surface area contributed by atoms with E-state index >= 15 is 0 Å². The van der Waals surface area contributed by atoms with Crippen molar-refractivity contribution in [2.45, 2.75) is 52.5 Å². The molecule has 1 unspecified atom stereocenters. The fourth-order valence-electron chi connectivity index (χ4n) is 1.97. The third-order valence-corrected chi connectivity index (χ3v) is 3.12. The molecule has 0 saturated carbocycles. The molecule has 0 aliphatic rings. The molecule has 0 spiro atoms. The summed E-state index contributed by atoms with van der Waals surface area (Å²) < 4.78 is 0. The Morgan fingerprint density at radius 2 is 1.89 bits per heavy atom. The molecule has 0 saturated heterocycles. The minimum Gasteiger partial charge on any atom is -0.398 e. The zero-order chi connectivity index (χ0) is 13.4. The topological polar surface area (TPSA) is 38.4 Å². The van der Waals surface area contributed by atoms with Gasteiger partial charge in [0.2, 0.25) is 0 Å². The van der Waals surface area contributed by atoms with Gasteiger partial charge in [-0.3, -0.25) is 4.99 Å². The molecule has 1 aromatic carbocycles. The molecule has 100 valence electrons. The average molecular weight is 246 g/mol. The quantitative estimate of drug-likeness (QED) is 0.565. The second kappa shape index (κ2) is 7.91. The fraction of sp³-hybridized carbons (Fsp3) is 0.562. The Morgan fingerprint density at radius 3 is 2.50 bits per heavy atom. The van der Waals surface area contributed by atoms with Crippen molar-refractivity contribution in [1.29, 1.82) is 0 Å². The number of rotatable bonds is 7. The van der Waals surface area contributed by atoms with Crippen molar-refractivity contribution in [2.24, 2.45) is 10.9 Å². The van der Waals surface area contributed by atoms with Crippen LogP contribution in [0, 0.1) is 5.92 Å². The van der Waals surface area contributed by atoms with Crippen LogP contribution < -0.4 is 5.73 Å². The second-order valence-electron chi connectivity index (χ2n) is 5.32. The van der Waals surface area contributed by atoms with E-state index in [1.807, 2.05) is 30.5 Å². The molecule has 0 amide bonds. The summed E-state index contributed by atoms with van der Waals surface area (Å²) in [6.07, 6.45) is 6.71. The van der Waals surface area contributed by atoms with Gasteiger partial charge in [0.15, 0.2) is 0 Å². The highest BCUT2D eigenvalue weighted by Crippen LogP contribution is 2.15. The Kier molecular flexibility index (Phi) is 6.48. The first-order valence-corrected chi connectivity index (χ1v) is 7.01. The van der Waals surface area contributed by atoms with Gasteiger partial charge < -0.3 is 5.73 Å². The second-order valence-corrected chi connectivity index (χ2v) is 5.32. The van der Waals surface area contributed by atoms with Gasteiger partial charge in [-0.15, -0.1) is 0 Å². The van der Waals surface area contributed by atoms with Crippen LogP contribution in [0.15, 0.2) is 29.3 Å². The smallest absolute Gasteiger partial charge is 0.0499 e. The SMILES string of the molecule is CCCC(CCC(C)C)N=Cc1ccccc1N. The molecule has 2 N–H and O–H groups in total. The molecule has 0 heterocycles. The summed E-state index contributed by atoms with van der Waals surface area (Å²) in [5.74, 6) is 0.751. The molecule has 0 aliphatic heterocycles. The lowest BCUT2D eigenvalue weighted by Gasteiger charge is -2.13. The molecule has 2 nitrogen and oxygen atoms in total. The lowest BCUT2D eigenvalue weighted by atomic mass is 10.0. The van der Waals surface area contributed by atoms with E-state index in [-0.39, 0.29) is 0 Å². The Hall–Kier alpha value is -1.31. The molecular formula is C16H26N2. The van der Waals surface area contributed by atoms with Crippen molar-refractivity contribution < 1.29 is 0 Å². The van der Waals surface area contributed by atoms with Gasteiger partial charge in [0, 0.05) is 23.5 Å². The highest BCUT2D eigenvalue weighted by Gasteiger charge is 2.06. The van der Waals surface area contributed by atoms with E-state index in [9.17, 15) is 0 Å². The van der Waals surface area contributed by atoms with Gasteiger partial charge in [-0.2, -0.15) is 0 Å². The highest BCUT2D eigenvalue weighted by atomic mass is 14.8. The van der Waals surface area contributed by atoms with E-state index in [1.54, 1.807) is 0 Å². The first kappa shape index (κ1) is 14.7. The number of hydrogen-bond donors (Lipinski definition) is 1. The monoisotopic (exact) mass is 246 g/mol. The molecule has 18 heavy (non-hydrogen) atoms. The van der Waals surface area contributed by atoms with Gasteiger partial charge in [0.05, 0.1) is 0 Å². The van der Waals surface area contributed by atoms with Crippen LogP contribution in [0.25, 0.3) is 0 Å². The third-order valence-electron chi connectivity index (χ3n) is 3.12. The number of para-hydroxylation sites is 1. The number of aliphatic imine (C=N–C) groups is 1. The Morgan fingerprint density at radius 1 is 1.17 bits per heavy atom. The maximum Gasteiger partial charge on any atom is 0.0499 e. The van der Waals surface area contributed by atoms with Crippen molar-refractivity contribution in [3.05, 3.63) is 29.8 Å².